The number of hydrogen-bond donors (Lipinski definition) is 0. The van der Waals surface area contributed by atoms with E-state index in [1.165, 1.54) is 18.3 Å². The summed E-state index contributed by atoms with van der Waals surface area (Å²) >= 11 is 0. The third-order valence-corrected chi connectivity index (χ3v) is 3.33. The van der Waals surface area contributed by atoms with Gasteiger partial charge in [0.15, 0.2) is 0 Å². The Labute approximate surface area is 129 Å². The van der Waals surface area contributed by atoms with Gasteiger partial charge >= 0.3 is 6.61 Å². The third-order valence-electron chi connectivity index (χ3n) is 3.33. The topological polar surface area (TPSA) is 65.3 Å². The molecule has 1 heterocycles. The summed E-state index contributed by atoms with van der Waals surface area (Å²) in [4.78, 5) is 14.6. The van der Waals surface area contributed by atoms with Crippen molar-refractivity contribution in [1.29, 1.82) is 0 Å². The highest BCUT2D eigenvalue weighted by atomic mass is 19.3. The average molecular weight is 316 g/mol. The second-order valence-electron chi connectivity index (χ2n) is 4.69. The minimum absolute atomic E-state index is 0.123. The number of pyridine rings is 1. The highest BCUT2D eigenvalue weighted by Gasteiger charge is 2.17. The van der Waals surface area contributed by atoms with E-state index in [-0.39, 0.29) is 17.0 Å². The zero-order valence-corrected chi connectivity index (χ0v) is 11.6. The van der Waals surface area contributed by atoms with E-state index in [0.29, 0.717) is 16.5 Å². The molecule has 0 aliphatic rings. The molecule has 23 heavy (non-hydrogen) atoms. The van der Waals surface area contributed by atoms with Crippen LogP contribution in [0.25, 0.3) is 22.0 Å². The number of halogens is 2. The first kappa shape index (κ1) is 14.8. The lowest BCUT2D eigenvalue weighted by atomic mass is 10.00. The minimum atomic E-state index is -3.02. The molecule has 0 N–H and O–H groups in total. The molecule has 0 amide bonds. The molecule has 0 aliphatic carbocycles. The van der Waals surface area contributed by atoms with E-state index >= 15 is 0 Å². The van der Waals surface area contributed by atoms with Crippen LogP contribution in [0.5, 0.6) is 5.75 Å². The number of nitrogens with zero attached hydrogens (tertiary/aromatic N) is 2. The number of nitro groups is 1. The maximum absolute atomic E-state index is 12.6. The molecule has 0 bridgehead atoms. The standard InChI is InChI=1S/C16H10F2N2O3/c17-16(18)23-15-6-5-10(20(21)22)9-13(15)11-7-8-19-14-4-2-1-3-12(11)14/h1-9,16H. The van der Waals surface area contributed by atoms with Crippen molar-refractivity contribution >= 4 is 16.6 Å². The van der Waals surface area contributed by atoms with Crippen LogP contribution in [0.15, 0.2) is 54.7 Å². The van der Waals surface area contributed by atoms with Gasteiger partial charge in [0.2, 0.25) is 0 Å². The molecular weight excluding hydrogens is 306 g/mol. The second kappa shape index (κ2) is 5.96. The fourth-order valence-electron chi connectivity index (χ4n) is 2.37. The van der Waals surface area contributed by atoms with Crippen molar-refractivity contribution in [2.24, 2.45) is 0 Å². The van der Waals surface area contributed by atoms with E-state index in [2.05, 4.69) is 9.72 Å². The molecule has 5 nitrogen and oxygen atoms in total. The Hall–Kier alpha value is -3.09. The number of para-hydroxylation sites is 1. The van der Waals surface area contributed by atoms with Gasteiger partial charge < -0.3 is 4.74 Å². The summed E-state index contributed by atoms with van der Waals surface area (Å²) in [7, 11) is 0. The summed E-state index contributed by atoms with van der Waals surface area (Å²) in [6, 6.07) is 12.2. The van der Waals surface area contributed by atoms with Crippen LogP contribution in [-0.2, 0) is 0 Å². The first-order valence-electron chi connectivity index (χ1n) is 6.63. The van der Waals surface area contributed by atoms with E-state index in [1.54, 1.807) is 30.3 Å². The summed E-state index contributed by atoms with van der Waals surface area (Å²) in [6.45, 7) is -3.02. The van der Waals surface area contributed by atoms with Gasteiger partial charge in [-0.2, -0.15) is 8.78 Å². The zero-order valence-electron chi connectivity index (χ0n) is 11.6. The van der Waals surface area contributed by atoms with Crippen LogP contribution in [0, 0.1) is 10.1 Å². The number of rotatable bonds is 4. The van der Waals surface area contributed by atoms with Crippen molar-refractivity contribution in [1.82, 2.24) is 4.98 Å². The number of ether oxygens (including phenoxy) is 1. The highest BCUT2D eigenvalue weighted by molar-refractivity contribution is 5.96. The lowest BCUT2D eigenvalue weighted by molar-refractivity contribution is -0.384. The van der Waals surface area contributed by atoms with Gasteiger partial charge in [-0.1, -0.05) is 18.2 Å². The van der Waals surface area contributed by atoms with Gasteiger partial charge in [-0.3, -0.25) is 15.1 Å². The molecule has 0 atom stereocenters. The Kier molecular flexibility index (Phi) is 3.84. The Morgan fingerprint density at radius 3 is 2.61 bits per heavy atom. The smallest absolute Gasteiger partial charge is 0.387 e. The normalized spacial score (nSPS) is 10.9. The first-order valence-corrected chi connectivity index (χ1v) is 6.63. The molecule has 7 heteroatoms. The van der Waals surface area contributed by atoms with Gasteiger partial charge in [0, 0.05) is 29.3 Å². The van der Waals surface area contributed by atoms with Crippen molar-refractivity contribution in [3.05, 3.63) is 64.8 Å². The van der Waals surface area contributed by atoms with Crippen LogP contribution < -0.4 is 4.74 Å². The summed E-state index contributed by atoms with van der Waals surface area (Å²) < 4.78 is 29.7. The molecule has 0 fully saturated rings. The fourth-order valence-corrected chi connectivity index (χ4v) is 2.37. The van der Waals surface area contributed by atoms with Gasteiger partial charge in [-0.05, 0) is 23.8 Å². The maximum atomic E-state index is 12.6. The number of alkyl halides is 2. The van der Waals surface area contributed by atoms with Crippen LogP contribution in [-0.4, -0.2) is 16.5 Å². The number of fused-ring (bicyclic) bond motifs is 1. The highest BCUT2D eigenvalue weighted by Crippen LogP contribution is 2.37. The second-order valence-corrected chi connectivity index (χ2v) is 4.69. The number of benzene rings is 2. The molecule has 0 saturated heterocycles. The van der Waals surface area contributed by atoms with Crippen LogP contribution in [0.4, 0.5) is 14.5 Å². The molecule has 0 spiro atoms. The first-order chi connectivity index (χ1) is 11.1. The van der Waals surface area contributed by atoms with Crippen LogP contribution in [0.3, 0.4) is 0 Å². The SMILES string of the molecule is O=[N+]([O-])c1ccc(OC(F)F)c(-c2ccnc3ccccc23)c1. The van der Waals surface area contributed by atoms with Crippen molar-refractivity contribution in [3.63, 3.8) is 0 Å². The van der Waals surface area contributed by atoms with E-state index in [4.69, 9.17) is 0 Å². The summed E-state index contributed by atoms with van der Waals surface area (Å²) in [6.07, 6.45) is 1.52. The van der Waals surface area contributed by atoms with Gasteiger partial charge in [-0.25, -0.2) is 0 Å². The van der Waals surface area contributed by atoms with Crippen molar-refractivity contribution in [2.45, 2.75) is 6.61 Å². The van der Waals surface area contributed by atoms with E-state index in [1.807, 2.05) is 0 Å². The van der Waals surface area contributed by atoms with Crippen LogP contribution in [0.2, 0.25) is 0 Å². The van der Waals surface area contributed by atoms with Crippen molar-refractivity contribution in [3.8, 4) is 16.9 Å². The molecule has 3 aromatic rings. The monoisotopic (exact) mass is 316 g/mol. The lowest BCUT2D eigenvalue weighted by Crippen LogP contribution is -2.03. The predicted molar refractivity (Wildman–Crippen MR) is 80.5 cm³/mol. The fraction of sp³-hybridized carbons (Fsp3) is 0.0625. The van der Waals surface area contributed by atoms with Gasteiger partial charge in [0.05, 0.1) is 10.4 Å². The zero-order chi connectivity index (χ0) is 16.4. The number of non-ortho nitro benzene ring substituents is 1. The maximum Gasteiger partial charge on any atom is 0.387 e. The molecule has 3 rings (SSSR count). The van der Waals surface area contributed by atoms with Gasteiger partial charge in [0.25, 0.3) is 5.69 Å². The summed E-state index contributed by atoms with van der Waals surface area (Å²) in [5.74, 6) is -0.123. The summed E-state index contributed by atoms with van der Waals surface area (Å²) in [5.41, 5.74) is 1.20. The van der Waals surface area contributed by atoms with Gasteiger partial charge in [-0.15, -0.1) is 0 Å². The predicted octanol–water partition coefficient (Wildman–Crippen LogP) is 4.41. The summed E-state index contributed by atoms with van der Waals surface area (Å²) in [5, 5.41) is 11.7. The van der Waals surface area contributed by atoms with Crippen molar-refractivity contribution in [2.75, 3.05) is 0 Å². The van der Waals surface area contributed by atoms with Gasteiger partial charge in [0.1, 0.15) is 5.75 Å². The Morgan fingerprint density at radius 1 is 1.09 bits per heavy atom. The average Bonchev–Trinajstić information content (AvgIpc) is 2.54. The lowest BCUT2D eigenvalue weighted by Gasteiger charge is -2.12. The minimum Gasteiger partial charge on any atom is -0.434 e. The Balaban J connectivity index is 2.26. The molecule has 1 aromatic heterocycles. The third kappa shape index (κ3) is 2.94. The molecule has 0 aliphatic heterocycles. The van der Waals surface area contributed by atoms with Crippen LogP contribution >= 0.6 is 0 Å². The quantitative estimate of drug-likeness (QED) is 0.528. The van der Waals surface area contributed by atoms with E-state index < -0.39 is 11.5 Å². The largest absolute Gasteiger partial charge is 0.434 e. The molecular formula is C16H10F2N2O3. The van der Waals surface area contributed by atoms with E-state index in [0.717, 1.165) is 6.07 Å². The molecule has 116 valence electrons. The number of nitro benzene ring substituents is 1. The molecule has 0 radical (unpaired) electrons. The number of hydrogen-bond acceptors (Lipinski definition) is 4. The van der Waals surface area contributed by atoms with Crippen LogP contribution in [0.1, 0.15) is 0 Å². The molecule has 2 aromatic carbocycles. The van der Waals surface area contributed by atoms with Crippen molar-refractivity contribution < 1.29 is 18.4 Å². The number of aromatic nitrogens is 1. The molecule has 0 unspecified atom stereocenters. The van der Waals surface area contributed by atoms with E-state index in [9.17, 15) is 18.9 Å². The Bertz CT molecular complexity index is 879. The Morgan fingerprint density at radius 2 is 1.87 bits per heavy atom. The molecule has 0 saturated carbocycles.